The summed E-state index contributed by atoms with van der Waals surface area (Å²) in [6, 6.07) is 8.93. The summed E-state index contributed by atoms with van der Waals surface area (Å²) in [6.45, 7) is 3.39. The lowest BCUT2D eigenvalue weighted by molar-refractivity contribution is 0.503. The molecule has 1 aromatic rings. The molecular weight excluding hydrogens is 262 g/mol. The predicted octanol–water partition coefficient (Wildman–Crippen LogP) is 4.35. The van der Waals surface area contributed by atoms with Crippen molar-refractivity contribution in [3.8, 4) is 0 Å². The Morgan fingerprint density at radius 1 is 1.33 bits per heavy atom. The molecule has 100 valence electrons. The van der Waals surface area contributed by atoms with Crippen molar-refractivity contribution >= 4 is 23.4 Å². The Morgan fingerprint density at radius 3 is 2.67 bits per heavy atom. The molecule has 1 N–H and O–H groups in total. The van der Waals surface area contributed by atoms with E-state index in [2.05, 4.69) is 24.4 Å². The second kappa shape index (κ2) is 7.42. The van der Waals surface area contributed by atoms with Crippen molar-refractivity contribution in [2.24, 2.45) is 5.92 Å². The molecule has 0 bridgehead atoms. The van der Waals surface area contributed by atoms with E-state index in [0.717, 1.165) is 29.3 Å². The van der Waals surface area contributed by atoms with E-state index in [9.17, 15) is 0 Å². The molecule has 18 heavy (non-hydrogen) atoms. The Morgan fingerprint density at radius 2 is 2.06 bits per heavy atom. The van der Waals surface area contributed by atoms with Gasteiger partial charge in [-0.25, -0.2) is 0 Å². The van der Waals surface area contributed by atoms with Crippen molar-refractivity contribution in [1.29, 1.82) is 0 Å². The van der Waals surface area contributed by atoms with Crippen LogP contribution in [0.2, 0.25) is 5.02 Å². The second-order valence-electron chi connectivity index (χ2n) is 5.04. The third kappa shape index (κ3) is 4.83. The molecule has 0 radical (unpaired) electrons. The molecular formula is C15H22ClNS. The van der Waals surface area contributed by atoms with Crippen LogP contribution in [-0.2, 0) is 5.75 Å². The first-order valence-electron chi connectivity index (χ1n) is 6.85. The lowest BCUT2D eigenvalue weighted by Gasteiger charge is -2.17. The zero-order valence-electron chi connectivity index (χ0n) is 11.0. The maximum Gasteiger partial charge on any atom is 0.0406 e. The summed E-state index contributed by atoms with van der Waals surface area (Å²) in [5.74, 6) is 3.26. The molecule has 3 heteroatoms. The van der Waals surface area contributed by atoms with Gasteiger partial charge in [-0.3, -0.25) is 0 Å². The van der Waals surface area contributed by atoms with Gasteiger partial charge < -0.3 is 5.32 Å². The molecule has 0 aromatic heterocycles. The molecule has 0 saturated heterocycles. The normalized spacial score (nSPS) is 16.8. The summed E-state index contributed by atoms with van der Waals surface area (Å²) >= 11 is 7.92. The summed E-state index contributed by atoms with van der Waals surface area (Å²) in [5.41, 5.74) is 1.37. The molecule has 1 unspecified atom stereocenters. The van der Waals surface area contributed by atoms with Gasteiger partial charge in [0.2, 0.25) is 0 Å². The summed E-state index contributed by atoms with van der Waals surface area (Å²) in [5, 5.41) is 4.51. The highest BCUT2D eigenvalue weighted by Crippen LogP contribution is 2.34. The van der Waals surface area contributed by atoms with Crippen LogP contribution >= 0.6 is 23.4 Å². The molecule has 1 atom stereocenters. The van der Waals surface area contributed by atoms with E-state index in [1.165, 1.54) is 30.6 Å². The molecule has 0 aliphatic heterocycles. The highest BCUT2D eigenvalue weighted by molar-refractivity contribution is 7.98. The molecule has 1 nitrogen and oxygen atoms in total. The first-order chi connectivity index (χ1) is 8.79. The molecule has 1 fully saturated rings. The van der Waals surface area contributed by atoms with E-state index < -0.39 is 0 Å². The van der Waals surface area contributed by atoms with Crippen molar-refractivity contribution in [1.82, 2.24) is 5.32 Å². The number of halogens is 1. The van der Waals surface area contributed by atoms with E-state index >= 15 is 0 Å². The molecule has 1 aliphatic rings. The van der Waals surface area contributed by atoms with Gasteiger partial charge in [0.1, 0.15) is 0 Å². The van der Waals surface area contributed by atoms with Crippen LogP contribution in [0.5, 0.6) is 0 Å². The molecule has 2 rings (SSSR count). The van der Waals surface area contributed by atoms with E-state index in [1.54, 1.807) is 0 Å². The summed E-state index contributed by atoms with van der Waals surface area (Å²) in [4.78, 5) is 0. The Balaban J connectivity index is 1.70. The van der Waals surface area contributed by atoms with Gasteiger partial charge in [0, 0.05) is 22.6 Å². The molecule has 1 aromatic carbocycles. The minimum absolute atomic E-state index is 0.724. The number of nitrogens with one attached hydrogen (secondary N) is 1. The van der Waals surface area contributed by atoms with Gasteiger partial charge in [0.25, 0.3) is 0 Å². The van der Waals surface area contributed by atoms with Gasteiger partial charge in [0.15, 0.2) is 0 Å². The van der Waals surface area contributed by atoms with Crippen LogP contribution in [0.4, 0.5) is 0 Å². The molecule has 0 amide bonds. The van der Waals surface area contributed by atoms with Gasteiger partial charge >= 0.3 is 0 Å². The van der Waals surface area contributed by atoms with Crippen LogP contribution in [0, 0.1) is 5.92 Å². The molecule has 1 aliphatic carbocycles. The number of rotatable bonds is 8. The Labute approximate surface area is 120 Å². The van der Waals surface area contributed by atoms with Gasteiger partial charge in [-0.1, -0.05) is 30.7 Å². The third-order valence-corrected chi connectivity index (χ3v) is 4.71. The highest BCUT2D eigenvalue weighted by Gasteiger charge is 2.30. The Kier molecular flexibility index (Phi) is 5.87. The number of thioether (sulfide) groups is 1. The predicted molar refractivity (Wildman–Crippen MR) is 82.4 cm³/mol. The van der Waals surface area contributed by atoms with Gasteiger partial charge in [-0.2, -0.15) is 11.8 Å². The van der Waals surface area contributed by atoms with Crippen LogP contribution in [0.3, 0.4) is 0 Å². The van der Waals surface area contributed by atoms with Crippen molar-refractivity contribution in [2.45, 2.75) is 38.0 Å². The molecule has 0 spiro atoms. The van der Waals surface area contributed by atoms with Gasteiger partial charge in [-0.15, -0.1) is 0 Å². The quantitative estimate of drug-likeness (QED) is 0.761. The minimum Gasteiger partial charge on any atom is -0.313 e. The zero-order valence-corrected chi connectivity index (χ0v) is 12.6. The number of hydrogen-bond acceptors (Lipinski definition) is 2. The lowest BCUT2D eigenvalue weighted by atomic mass is 10.2. The van der Waals surface area contributed by atoms with Crippen molar-refractivity contribution < 1.29 is 0 Å². The summed E-state index contributed by atoms with van der Waals surface area (Å²) < 4.78 is 0. The lowest BCUT2D eigenvalue weighted by Crippen LogP contribution is -2.33. The highest BCUT2D eigenvalue weighted by atomic mass is 35.5. The zero-order chi connectivity index (χ0) is 12.8. The Hall–Kier alpha value is -0.180. The van der Waals surface area contributed by atoms with Crippen molar-refractivity contribution in [2.75, 3.05) is 12.3 Å². The number of benzene rings is 1. The van der Waals surface area contributed by atoms with Crippen molar-refractivity contribution in [3.05, 3.63) is 34.9 Å². The van der Waals surface area contributed by atoms with Gasteiger partial charge in [0.05, 0.1) is 0 Å². The summed E-state index contributed by atoms with van der Waals surface area (Å²) in [6.07, 6.45) is 4.07. The van der Waals surface area contributed by atoms with Crippen LogP contribution in [0.25, 0.3) is 0 Å². The first kappa shape index (κ1) is 14.2. The van der Waals surface area contributed by atoms with E-state index in [1.807, 2.05) is 23.9 Å². The van der Waals surface area contributed by atoms with Crippen LogP contribution in [0.15, 0.2) is 24.3 Å². The van der Waals surface area contributed by atoms with E-state index in [0.29, 0.717) is 0 Å². The van der Waals surface area contributed by atoms with Crippen molar-refractivity contribution in [3.63, 3.8) is 0 Å². The largest absolute Gasteiger partial charge is 0.313 e. The molecule has 1 saturated carbocycles. The maximum atomic E-state index is 5.89. The second-order valence-corrected chi connectivity index (χ2v) is 6.51. The van der Waals surface area contributed by atoms with Gasteiger partial charge in [-0.05, 0) is 49.4 Å². The van der Waals surface area contributed by atoms with Crippen LogP contribution < -0.4 is 5.32 Å². The standard InChI is InChI=1S/C15H22ClNS/c1-2-9-17-15(13-5-6-13)11-18-10-12-3-7-14(16)8-4-12/h3-4,7-8,13,15,17H,2,5-6,9-11H2,1H3. The minimum atomic E-state index is 0.724. The average molecular weight is 284 g/mol. The van der Waals surface area contributed by atoms with E-state index in [4.69, 9.17) is 11.6 Å². The smallest absolute Gasteiger partial charge is 0.0406 e. The van der Waals surface area contributed by atoms with Crippen LogP contribution in [0.1, 0.15) is 31.7 Å². The summed E-state index contributed by atoms with van der Waals surface area (Å²) in [7, 11) is 0. The average Bonchev–Trinajstić information content (AvgIpc) is 3.20. The fourth-order valence-corrected chi connectivity index (χ4v) is 3.39. The fraction of sp³-hybridized carbons (Fsp3) is 0.600. The monoisotopic (exact) mass is 283 g/mol. The third-order valence-electron chi connectivity index (χ3n) is 3.33. The Bertz CT molecular complexity index is 348. The number of hydrogen-bond donors (Lipinski definition) is 1. The first-order valence-corrected chi connectivity index (χ1v) is 8.38. The van der Waals surface area contributed by atoms with E-state index in [-0.39, 0.29) is 0 Å². The maximum absolute atomic E-state index is 5.89. The van der Waals surface area contributed by atoms with Crippen LogP contribution in [-0.4, -0.2) is 18.3 Å². The fourth-order valence-electron chi connectivity index (χ4n) is 2.07. The topological polar surface area (TPSA) is 12.0 Å². The molecule has 0 heterocycles. The SMILES string of the molecule is CCCNC(CSCc1ccc(Cl)cc1)C1CC1.